The Kier molecular flexibility index (Phi) is 15.0. The molecular formula is C22H32O3. The molecule has 0 aromatic heterocycles. The molecule has 0 bridgehead atoms. The average Bonchev–Trinajstić information content (AvgIpc) is 2.66. The van der Waals surface area contributed by atoms with E-state index in [1.807, 2.05) is 77.9 Å². The van der Waals surface area contributed by atoms with Crippen molar-refractivity contribution < 1.29 is 14.3 Å². The van der Waals surface area contributed by atoms with Gasteiger partial charge < -0.3 is 4.74 Å². The predicted molar refractivity (Wildman–Crippen MR) is 106 cm³/mol. The molecule has 0 spiro atoms. The number of carbonyl (C=O) groups excluding carboxylic acids is 2. The van der Waals surface area contributed by atoms with Crippen molar-refractivity contribution in [1.29, 1.82) is 0 Å². The van der Waals surface area contributed by atoms with E-state index in [9.17, 15) is 9.59 Å². The van der Waals surface area contributed by atoms with Crippen LogP contribution in [0.25, 0.3) is 0 Å². The molecule has 0 saturated carbocycles. The molecule has 0 atom stereocenters. The third-order valence-electron chi connectivity index (χ3n) is 2.93. The predicted octanol–water partition coefficient (Wildman–Crippen LogP) is 6.03. The molecule has 138 valence electrons. The summed E-state index contributed by atoms with van der Waals surface area (Å²) in [5, 5.41) is 0. The van der Waals surface area contributed by atoms with Gasteiger partial charge in [0.25, 0.3) is 0 Å². The van der Waals surface area contributed by atoms with Crippen LogP contribution in [0.4, 0.5) is 0 Å². The molecule has 0 unspecified atom stereocenters. The summed E-state index contributed by atoms with van der Waals surface area (Å²) in [7, 11) is 1.38. The molecule has 0 aliphatic carbocycles. The lowest BCUT2D eigenvalue weighted by molar-refractivity contribution is 0.0600. The lowest BCUT2D eigenvalue weighted by Gasteiger charge is -1.97. The second-order valence-corrected chi connectivity index (χ2v) is 4.78. The number of ether oxygens (including phenoxy) is 1. The fourth-order valence-corrected chi connectivity index (χ4v) is 1.60. The molecule has 25 heavy (non-hydrogen) atoms. The number of ketones is 1. The second-order valence-electron chi connectivity index (χ2n) is 4.78. The summed E-state index contributed by atoms with van der Waals surface area (Å²) in [5.74, 6) is -0.162. The summed E-state index contributed by atoms with van der Waals surface area (Å²) in [5.41, 5.74) is 3.70. The van der Waals surface area contributed by atoms with E-state index < -0.39 is 0 Å². The first-order valence-electron chi connectivity index (χ1n) is 8.66. The molecule has 2 rings (SSSR count). The van der Waals surface area contributed by atoms with Crippen molar-refractivity contribution in [2.24, 2.45) is 0 Å². The number of hydrogen-bond donors (Lipinski definition) is 0. The zero-order chi connectivity index (χ0) is 19.8. The molecule has 0 heterocycles. The van der Waals surface area contributed by atoms with Crippen molar-refractivity contribution in [3.8, 4) is 0 Å². The maximum Gasteiger partial charge on any atom is 0.337 e. The first-order valence-corrected chi connectivity index (χ1v) is 8.66. The van der Waals surface area contributed by atoms with E-state index in [0.29, 0.717) is 5.56 Å². The average molecular weight is 344 g/mol. The molecule has 3 heteroatoms. The van der Waals surface area contributed by atoms with Gasteiger partial charge in [0.05, 0.1) is 12.7 Å². The van der Waals surface area contributed by atoms with Crippen molar-refractivity contribution in [3.05, 3.63) is 70.8 Å². The lowest BCUT2D eigenvalue weighted by atomic mass is 10.1. The Morgan fingerprint density at radius 1 is 0.680 bits per heavy atom. The Morgan fingerprint density at radius 2 is 1.00 bits per heavy atom. The lowest BCUT2D eigenvalue weighted by Crippen LogP contribution is -2.00. The van der Waals surface area contributed by atoms with Crippen molar-refractivity contribution in [2.75, 3.05) is 7.11 Å². The number of esters is 1. The van der Waals surface area contributed by atoms with Crippen molar-refractivity contribution in [3.63, 3.8) is 0 Å². The highest BCUT2D eigenvalue weighted by atomic mass is 16.5. The van der Waals surface area contributed by atoms with Crippen molar-refractivity contribution in [1.82, 2.24) is 0 Å². The highest BCUT2D eigenvalue weighted by Crippen LogP contribution is 2.04. The van der Waals surface area contributed by atoms with Crippen LogP contribution in [0, 0.1) is 13.8 Å². The Bertz CT molecular complexity index is 596. The fourth-order valence-electron chi connectivity index (χ4n) is 1.60. The van der Waals surface area contributed by atoms with Crippen LogP contribution in [0.1, 0.15) is 66.5 Å². The molecule has 0 N–H and O–H groups in total. The molecular weight excluding hydrogens is 312 g/mol. The molecule has 2 aromatic carbocycles. The number of rotatable bonds is 2. The van der Waals surface area contributed by atoms with Gasteiger partial charge in [-0.25, -0.2) is 4.79 Å². The van der Waals surface area contributed by atoms with E-state index in [4.69, 9.17) is 0 Å². The smallest absolute Gasteiger partial charge is 0.337 e. The van der Waals surface area contributed by atoms with Crippen LogP contribution in [-0.4, -0.2) is 18.9 Å². The SMILES string of the molecule is CC.CC.CC(=O)c1ccc(C)cc1.COC(=O)c1ccc(C)cc1. The standard InChI is InChI=1S/C9H10O2.C9H10O.2C2H6/c1-7-3-5-8(6-4-7)9(10)11-2;1-7-3-5-9(6-4-7)8(2)10;2*1-2/h3-6H,1-2H3;3-6H,1-2H3;2*1-2H3. The highest BCUT2D eigenvalue weighted by molar-refractivity contribution is 5.94. The van der Waals surface area contributed by atoms with Gasteiger partial charge in [0.15, 0.2) is 5.78 Å². The van der Waals surface area contributed by atoms with Gasteiger partial charge in [0.2, 0.25) is 0 Å². The molecule has 0 saturated heterocycles. The normalized spacial score (nSPS) is 8.32. The van der Waals surface area contributed by atoms with Gasteiger partial charge in [-0.15, -0.1) is 0 Å². The molecule has 0 fully saturated rings. The molecule has 2 aromatic rings. The van der Waals surface area contributed by atoms with Gasteiger partial charge in [0.1, 0.15) is 0 Å². The maximum absolute atomic E-state index is 10.9. The molecule has 3 nitrogen and oxygen atoms in total. The first-order chi connectivity index (χ1) is 11.9. The summed E-state index contributed by atoms with van der Waals surface area (Å²) in [6, 6.07) is 14.8. The van der Waals surface area contributed by atoms with Crippen LogP contribution in [0.5, 0.6) is 0 Å². The monoisotopic (exact) mass is 344 g/mol. The Labute approximate surface area is 153 Å². The van der Waals surface area contributed by atoms with Crippen LogP contribution >= 0.6 is 0 Å². The van der Waals surface area contributed by atoms with Gasteiger partial charge in [-0.3, -0.25) is 4.79 Å². The minimum atomic E-state index is -0.287. The fraction of sp³-hybridized carbons (Fsp3) is 0.364. The Balaban J connectivity index is 0. The van der Waals surface area contributed by atoms with E-state index in [0.717, 1.165) is 11.1 Å². The summed E-state index contributed by atoms with van der Waals surface area (Å²) >= 11 is 0. The minimum absolute atomic E-state index is 0.125. The van der Waals surface area contributed by atoms with Crippen LogP contribution in [0.2, 0.25) is 0 Å². The van der Waals surface area contributed by atoms with Crippen LogP contribution < -0.4 is 0 Å². The zero-order valence-corrected chi connectivity index (χ0v) is 16.8. The second kappa shape index (κ2) is 15.1. The zero-order valence-electron chi connectivity index (χ0n) is 16.8. The van der Waals surface area contributed by atoms with Crippen LogP contribution in [0.15, 0.2) is 48.5 Å². The summed E-state index contributed by atoms with van der Waals surface area (Å²) < 4.78 is 4.54. The third-order valence-corrected chi connectivity index (χ3v) is 2.93. The quantitative estimate of drug-likeness (QED) is 0.493. The summed E-state index contributed by atoms with van der Waals surface area (Å²) in [4.78, 5) is 21.7. The number of carbonyl (C=O) groups is 2. The van der Waals surface area contributed by atoms with E-state index in [1.54, 1.807) is 19.1 Å². The summed E-state index contributed by atoms with van der Waals surface area (Å²) in [6.07, 6.45) is 0. The van der Waals surface area contributed by atoms with Crippen molar-refractivity contribution in [2.45, 2.75) is 48.5 Å². The van der Waals surface area contributed by atoms with Crippen LogP contribution in [0.3, 0.4) is 0 Å². The number of benzene rings is 2. The topological polar surface area (TPSA) is 43.4 Å². The van der Waals surface area contributed by atoms with E-state index in [-0.39, 0.29) is 11.8 Å². The number of methoxy groups -OCH3 is 1. The van der Waals surface area contributed by atoms with Crippen molar-refractivity contribution >= 4 is 11.8 Å². The van der Waals surface area contributed by atoms with Gasteiger partial charge in [-0.1, -0.05) is 75.2 Å². The van der Waals surface area contributed by atoms with Gasteiger partial charge >= 0.3 is 5.97 Å². The number of aryl methyl sites for hydroxylation is 2. The molecule has 0 aliphatic heterocycles. The van der Waals surface area contributed by atoms with E-state index >= 15 is 0 Å². The van der Waals surface area contributed by atoms with Gasteiger partial charge in [-0.2, -0.15) is 0 Å². The largest absolute Gasteiger partial charge is 0.465 e. The molecule has 0 amide bonds. The summed E-state index contributed by atoms with van der Waals surface area (Å²) in [6.45, 7) is 13.6. The van der Waals surface area contributed by atoms with Gasteiger partial charge in [-0.05, 0) is 32.9 Å². The van der Waals surface area contributed by atoms with E-state index in [1.165, 1.54) is 12.7 Å². The number of Topliss-reactive ketones (excluding diaryl/α,β-unsaturated/α-hetero) is 1. The molecule has 0 aliphatic rings. The third kappa shape index (κ3) is 10.9. The van der Waals surface area contributed by atoms with Gasteiger partial charge in [0, 0.05) is 5.56 Å². The minimum Gasteiger partial charge on any atom is -0.465 e. The van der Waals surface area contributed by atoms with Crippen LogP contribution in [-0.2, 0) is 4.74 Å². The first kappa shape index (κ1) is 24.8. The Hall–Kier alpha value is -2.42. The van der Waals surface area contributed by atoms with E-state index in [2.05, 4.69) is 4.74 Å². The molecule has 0 radical (unpaired) electrons. The maximum atomic E-state index is 10.9. The Morgan fingerprint density at radius 3 is 1.28 bits per heavy atom. The highest BCUT2D eigenvalue weighted by Gasteiger charge is 2.02. The number of hydrogen-bond acceptors (Lipinski definition) is 3.